The van der Waals surface area contributed by atoms with Crippen LogP contribution in [0.15, 0.2) is 9.98 Å². The molecule has 0 saturated heterocycles. The number of unbranched alkanes of at least 4 members (excludes halogenated alkanes) is 1. The van der Waals surface area contributed by atoms with Gasteiger partial charge in [0.05, 0.1) is 16.6 Å². The molecule has 0 aromatic carbocycles. The van der Waals surface area contributed by atoms with Gasteiger partial charge >= 0.3 is 6.09 Å². The van der Waals surface area contributed by atoms with E-state index in [-0.39, 0.29) is 0 Å². The van der Waals surface area contributed by atoms with E-state index in [1.165, 1.54) is 11.3 Å². The Hall–Kier alpha value is -0.620. The fourth-order valence-electron chi connectivity index (χ4n) is 0.745. The molecule has 0 radical (unpaired) electrons. The molecule has 1 amide bonds. The standard InChI is InChI=1S/C8H11BrN2O2S/c1-2-3-4-13-8(12)11-7-10-5-6(9)14-7/h5H,2-4H2,1H3,(H,10,11,12). The van der Waals surface area contributed by atoms with E-state index in [1.54, 1.807) is 6.20 Å². The summed E-state index contributed by atoms with van der Waals surface area (Å²) in [5.41, 5.74) is 0. The molecule has 1 heterocycles. The van der Waals surface area contributed by atoms with Crippen molar-refractivity contribution in [2.75, 3.05) is 11.9 Å². The Morgan fingerprint density at radius 3 is 3.14 bits per heavy atom. The molecule has 0 fully saturated rings. The normalized spacial score (nSPS) is 9.86. The van der Waals surface area contributed by atoms with Gasteiger partial charge < -0.3 is 4.74 Å². The Bertz CT molecular complexity index is 303. The lowest BCUT2D eigenvalue weighted by molar-refractivity contribution is 0.160. The number of thiazole rings is 1. The summed E-state index contributed by atoms with van der Waals surface area (Å²) in [6.07, 6.45) is 3.08. The highest BCUT2D eigenvalue weighted by Crippen LogP contribution is 2.22. The number of nitrogens with zero attached hydrogens (tertiary/aromatic N) is 1. The van der Waals surface area contributed by atoms with Crippen molar-refractivity contribution >= 4 is 38.5 Å². The first-order valence-electron chi connectivity index (χ1n) is 4.27. The van der Waals surface area contributed by atoms with Crippen molar-refractivity contribution in [2.24, 2.45) is 0 Å². The Balaban J connectivity index is 2.27. The number of carbonyl (C=O) groups is 1. The second kappa shape index (κ2) is 5.98. The van der Waals surface area contributed by atoms with E-state index in [1.807, 2.05) is 6.92 Å². The molecule has 4 nitrogen and oxygen atoms in total. The molecule has 0 saturated carbocycles. The van der Waals surface area contributed by atoms with Gasteiger partial charge in [-0.2, -0.15) is 0 Å². The zero-order valence-electron chi connectivity index (χ0n) is 7.75. The summed E-state index contributed by atoms with van der Waals surface area (Å²) in [5, 5.41) is 3.08. The van der Waals surface area contributed by atoms with E-state index >= 15 is 0 Å². The first-order chi connectivity index (χ1) is 6.72. The van der Waals surface area contributed by atoms with E-state index in [9.17, 15) is 4.79 Å². The molecule has 1 N–H and O–H groups in total. The number of rotatable bonds is 4. The molecule has 1 aromatic rings. The second-order valence-corrected chi connectivity index (χ2v) is 4.99. The van der Waals surface area contributed by atoms with Gasteiger partial charge in [-0.05, 0) is 22.4 Å². The van der Waals surface area contributed by atoms with E-state index < -0.39 is 6.09 Å². The van der Waals surface area contributed by atoms with Crippen molar-refractivity contribution < 1.29 is 9.53 Å². The van der Waals surface area contributed by atoms with Gasteiger partial charge in [-0.25, -0.2) is 9.78 Å². The number of anilines is 1. The molecule has 0 unspecified atom stereocenters. The van der Waals surface area contributed by atoms with Crippen LogP contribution in [0.25, 0.3) is 0 Å². The van der Waals surface area contributed by atoms with Crippen molar-refractivity contribution in [3.05, 3.63) is 9.98 Å². The highest BCUT2D eigenvalue weighted by atomic mass is 79.9. The Labute approximate surface area is 94.8 Å². The monoisotopic (exact) mass is 278 g/mol. The lowest BCUT2D eigenvalue weighted by atomic mass is 10.4. The van der Waals surface area contributed by atoms with E-state index in [0.29, 0.717) is 11.7 Å². The number of halogens is 1. The summed E-state index contributed by atoms with van der Waals surface area (Å²) in [5.74, 6) is 0. The van der Waals surface area contributed by atoms with E-state index in [0.717, 1.165) is 16.6 Å². The largest absolute Gasteiger partial charge is 0.449 e. The lowest BCUT2D eigenvalue weighted by Gasteiger charge is -2.02. The number of ether oxygens (including phenoxy) is 1. The van der Waals surface area contributed by atoms with E-state index in [2.05, 4.69) is 26.2 Å². The molecule has 78 valence electrons. The van der Waals surface area contributed by atoms with Crippen molar-refractivity contribution in [1.82, 2.24) is 4.98 Å². The van der Waals surface area contributed by atoms with Gasteiger partial charge in [-0.15, -0.1) is 0 Å². The zero-order valence-corrected chi connectivity index (χ0v) is 10.2. The van der Waals surface area contributed by atoms with Gasteiger partial charge in [0, 0.05) is 0 Å². The van der Waals surface area contributed by atoms with Gasteiger partial charge in [0.15, 0.2) is 5.13 Å². The SMILES string of the molecule is CCCCOC(=O)Nc1ncc(Br)s1. The fourth-order valence-corrected chi connectivity index (χ4v) is 1.84. The number of hydrogen-bond acceptors (Lipinski definition) is 4. The maximum Gasteiger partial charge on any atom is 0.413 e. The quantitative estimate of drug-likeness (QED) is 0.861. The molecule has 0 aliphatic heterocycles. The average molecular weight is 279 g/mol. The Morgan fingerprint density at radius 2 is 2.57 bits per heavy atom. The lowest BCUT2D eigenvalue weighted by Crippen LogP contribution is -2.13. The first kappa shape index (κ1) is 11.5. The summed E-state index contributed by atoms with van der Waals surface area (Å²) < 4.78 is 5.77. The molecule has 0 aliphatic rings. The third-order valence-electron chi connectivity index (χ3n) is 1.42. The third-order valence-corrected chi connectivity index (χ3v) is 2.81. The second-order valence-electron chi connectivity index (χ2n) is 2.58. The van der Waals surface area contributed by atoms with Crippen LogP contribution in [-0.4, -0.2) is 17.7 Å². The molecule has 6 heteroatoms. The van der Waals surface area contributed by atoms with Gasteiger partial charge in [0.25, 0.3) is 0 Å². The third kappa shape index (κ3) is 4.06. The maximum absolute atomic E-state index is 11.1. The molecular weight excluding hydrogens is 268 g/mol. The van der Waals surface area contributed by atoms with Crippen LogP contribution < -0.4 is 5.32 Å². The maximum atomic E-state index is 11.1. The highest BCUT2D eigenvalue weighted by Gasteiger charge is 2.05. The predicted molar refractivity (Wildman–Crippen MR) is 59.7 cm³/mol. The first-order valence-corrected chi connectivity index (χ1v) is 5.88. The number of nitrogens with one attached hydrogen (secondary N) is 1. The van der Waals surface area contributed by atoms with Crippen molar-refractivity contribution in [3.63, 3.8) is 0 Å². The summed E-state index contributed by atoms with van der Waals surface area (Å²) in [6, 6.07) is 0. The van der Waals surface area contributed by atoms with E-state index in [4.69, 9.17) is 4.74 Å². The molecule has 0 atom stereocenters. The smallest absolute Gasteiger partial charge is 0.413 e. The number of hydrogen-bond donors (Lipinski definition) is 1. The molecule has 1 aromatic heterocycles. The van der Waals surface area contributed by atoms with Gasteiger partial charge in [0.2, 0.25) is 0 Å². The summed E-state index contributed by atoms with van der Waals surface area (Å²) in [6.45, 7) is 2.49. The van der Waals surface area contributed by atoms with Crippen LogP contribution in [0.2, 0.25) is 0 Å². The molecular formula is C8H11BrN2O2S. The Morgan fingerprint density at radius 1 is 1.79 bits per heavy atom. The molecule has 0 aliphatic carbocycles. The molecule has 14 heavy (non-hydrogen) atoms. The van der Waals surface area contributed by atoms with Crippen LogP contribution >= 0.6 is 27.3 Å². The van der Waals surface area contributed by atoms with Crippen LogP contribution in [0.5, 0.6) is 0 Å². The minimum Gasteiger partial charge on any atom is -0.449 e. The van der Waals surface area contributed by atoms with Gasteiger partial charge in [0.1, 0.15) is 0 Å². The minimum atomic E-state index is -0.444. The van der Waals surface area contributed by atoms with Crippen LogP contribution in [0, 0.1) is 0 Å². The number of carbonyl (C=O) groups excluding carboxylic acids is 1. The molecule has 0 bridgehead atoms. The molecule has 0 spiro atoms. The Kier molecular flexibility index (Phi) is 4.89. The van der Waals surface area contributed by atoms with Crippen LogP contribution in [0.3, 0.4) is 0 Å². The molecule has 1 rings (SSSR count). The zero-order chi connectivity index (χ0) is 10.4. The average Bonchev–Trinajstić information content (AvgIpc) is 2.52. The number of aromatic nitrogens is 1. The number of amides is 1. The fraction of sp³-hybridized carbons (Fsp3) is 0.500. The van der Waals surface area contributed by atoms with Crippen molar-refractivity contribution in [3.8, 4) is 0 Å². The van der Waals surface area contributed by atoms with Crippen LogP contribution in [0.4, 0.5) is 9.93 Å². The summed E-state index contributed by atoms with van der Waals surface area (Å²) in [4.78, 5) is 15.1. The summed E-state index contributed by atoms with van der Waals surface area (Å²) >= 11 is 4.60. The van der Waals surface area contributed by atoms with Crippen LogP contribution in [0.1, 0.15) is 19.8 Å². The highest BCUT2D eigenvalue weighted by molar-refractivity contribution is 9.11. The summed E-state index contributed by atoms with van der Waals surface area (Å²) in [7, 11) is 0. The van der Waals surface area contributed by atoms with Crippen molar-refractivity contribution in [2.45, 2.75) is 19.8 Å². The van der Waals surface area contributed by atoms with Crippen LogP contribution in [-0.2, 0) is 4.74 Å². The predicted octanol–water partition coefficient (Wildman–Crippen LogP) is 3.25. The van der Waals surface area contributed by atoms with Gasteiger partial charge in [-0.3, -0.25) is 5.32 Å². The minimum absolute atomic E-state index is 0.444. The topological polar surface area (TPSA) is 51.2 Å². The van der Waals surface area contributed by atoms with Gasteiger partial charge in [-0.1, -0.05) is 24.7 Å². The van der Waals surface area contributed by atoms with Crippen molar-refractivity contribution in [1.29, 1.82) is 0 Å².